The molecule has 138 valence electrons. The quantitative estimate of drug-likeness (QED) is 0.503. The van der Waals surface area contributed by atoms with Gasteiger partial charge in [-0.25, -0.2) is 0 Å². The first kappa shape index (κ1) is 18.0. The third-order valence-corrected chi connectivity index (χ3v) is 3.77. The molecule has 0 spiro atoms. The van der Waals surface area contributed by atoms with Gasteiger partial charge in [0.1, 0.15) is 5.84 Å². The van der Waals surface area contributed by atoms with E-state index in [0.29, 0.717) is 0 Å². The third-order valence-electron chi connectivity index (χ3n) is 3.77. The van der Waals surface area contributed by atoms with Gasteiger partial charge >= 0.3 is 12.2 Å². The molecule has 1 aliphatic heterocycles. The predicted molar refractivity (Wildman–Crippen MR) is 87.9 cm³/mol. The van der Waals surface area contributed by atoms with Gasteiger partial charge < -0.3 is 15.2 Å². The van der Waals surface area contributed by atoms with E-state index in [9.17, 15) is 17.6 Å². The number of amidine groups is 1. The van der Waals surface area contributed by atoms with E-state index in [-0.39, 0.29) is 17.9 Å². The molecule has 2 aromatic rings. The molecule has 0 aliphatic carbocycles. The van der Waals surface area contributed by atoms with Crippen LogP contribution in [0.2, 0.25) is 0 Å². The van der Waals surface area contributed by atoms with E-state index in [4.69, 9.17) is 5.73 Å². The smallest absolute Gasteiger partial charge is 0.421 e. The number of nitrogens with two attached hydrogens (primary N) is 1. The van der Waals surface area contributed by atoms with Crippen molar-refractivity contribution < 1.29 is 27.0 Å². The summed E-state index contributed by atoms with van der Waals surface area (Å²) in [6, 6.07) is 9.47. The molecular formula is C18H16F4N2O2. The Morgan fingerprint density at radius 3 is 2.12 bits per heavy atom. The molecule has 0 unspecified atom stereocenters. The minimum atomic E-state index is -4.77. The fourth-order valence-corrected chi connectivity index (χ4v) is 2.65. The number of hydrogen-bond donors (Lipinski definition) is 1. The maximum absolute atomic E-state index is 13.3. The zero-order chi connectivity index (χ0) is 19.1. The summed E-state index contributed by atoms with van der Waals surface area (Å²) in [5, 5.41) is 0. The van der Waals surface area contributed by atoms with Crippen LogP contribution in [0.1, 0.15) is 22.3 Å². The Kier molecular flexibility index (Phi) is 4.29. The zero-order valence-electron chi connectivity index (χ0n) is 14.0. The Balaban J connectivity index is 1.84. The summed E-state index contributed by atoms with van der Waals surface area (Å²) >= 11 is 0. The Bertz CT molecular complexity index is 861. The SMILES string of the molecule is Cc1cc(C)cc(CN=C(N)c2ccc3c(c2)OC(F)(F)C(F)(F)O3)c1. The van der Waals surface area contributed by atoms with Gasteiger partial charge in [0.15, 0.2) is 11.5 Å². The standard InChI is InChI=1S/C18H16F4N2O2/c1-10-5-11(2)7-12(6-10)9-24-16(23)13-3-4-14-15(8-13)26-18(21,22)17(19,20)25-14/h3-8H,9H2,1-2H3,(H2,23,24). The molecule has 2 aromatic carbocycles. The number of aliphatic imine (C=N–C) groups is 1. The molecule has 3 rings (SSSR count). The van der Waals surface area contributed by atoms with E-state index in [0.717, 1.165) is 28.8 Å². The maximum Gasteiger partial charge on any atom is 0.507 e. The largest absolute Gasteiger partial charge is 0.507 e. The van der Waals surface area contributed by atoms with Gasteiger partial charge in [0.05, 0.1) is 6.54 Å². The van der Waals surface area contributed by atoms with Gasteiger partial charge in [-0.1, -0.05) is 29.3 Å². The molecule has 2 N–H and O–H groups in total. The number of alkyl halides is 4. The second kappa shape index (κ2) is 6.19. The minimum Gasteiger partial charge on any atom is -0.421 e. The summed E-state index contributed by atoms with van der Waals surface area (Å²) in [5.41, 5.74) is 9.25. The number of fused-ring (bicyclic) bond motifs is 1. The van der Waals surface area contributed by atoms with Gasteiger partial charge in [-0.05, 0) is 37.6 Å². The highest BCUT2D eigenvalue weighted by atomic mass is 19.3. The summed E-state index contributed by atoms with van der Waals surface area (Å²) in [6.45, 7) is 4.21. The molecular weight excluding hydrogens is 352 g/mol. The number of halogens is 4. The number of aryl methyl sites for hydroxylation is 2. The van der Waals surface area contributed by atoms with Crippen LogP contribution in [0.4, 0.5) is 17.6 Å². The van der Waals surface area contributed by atoms with Crippen LogP contribution in [0.25, 0.3) is 0 Å². The van der Waals surface area contributed by atoms with Crippen LogP contribution >= 0.6 is 0 Å². The number of ether oxygens (including phenoxy) is 2. The number of rotatable bonds is 3. The van der Waals surface area contributed by atoms with Crippen molar-refractivity contribution >= 4 is 5.84 Å². The Labute approximate surface area is 147 Å². The van der Waals surface area contributed by atoms with Crippen LogP contribution in [0.15, 0.2) is 41.4 Å². The zero-order valence-corrected chi connectivity index (χ0v) is 14.0. The second-order valence-corrected chi connectivity index (χ2v) is 6.10. The average Bonchev–Trinajstić information content (AvgIpc) is 2.52. The molecule has 0 radical (unpaired) electrons. The van der Waals surface area contributed by atoms with Gasteiger partial charge in [0, 0.05) is 5.56 Å². The second-order valence-electron chi connectivity index (χ2n) is 6.10. The van der Waals surface area contributed by atoms with Gasteiger partial charge in [-0.3, -0.25) is 4.99 Å². The molecule has 0 aromatic heterocycles. The van der Waals surface area contributed by atoms with Gasteiger partial charge in [-0.2, -0.15) is 17.6 Å². The Hall–Kier alpha value is -2.77. The van der Waals surface area contributed by atoms with Gasteiger partial charge in [0.2, 0.25) is 0 Å². The number of hydrogen-bond acceptors (Lipinski definition) is 3. The Morgan fingerprint density at radius 1 is 0.923 bits per heavy atom. The first-order valence-corrected chi connectivity index (χ1v) is 7.72. The van der Waals surface area contributed by atoms with Crippen LogP contribution in [-0.2, 0) is 6.54 Å². The van der Waals surface area contributed by atoms with Crippen LogP contribution in [0, 0.1) is 13.8 Å². The fraction of sp³-hybridized carbons (Fsp3) is 0.278. The maximum atomic E-state index is 13.3. The Morgan fingerprint density at radius 2 is 1.50 bits per heavy atom. The van der Waals surface area contributed by atoms with Crippen molar-refractivity contribution in [3.63, 3.8) is 0 Å². The monoisotopic (exact) mass is 368 g/mol. The molecule has 0 fully saturated rings. The molecule has 4 nitrogen and oxygen atoms in total. The number of nitrogens with zero attached hydrogens (tertiary/aromatic N) is 1. The van der Waals surface area contributed by atoms with Crippen molar-refractivity contribution in [1.82, 2.24) is 0 Å². The van der Waals surface area contributed by atoms with Crippen molar-refractivity contribution in [2.24, 2.45) is 10.7 Å². The molecule has 26 heavy (non-hydrogen) atoms. The molecule has 1 aliphatic rings. The van der Waals surface area contributed by atoms with E-state index < -0.39 is 23.7 Å². The topological polar surface area (TPSA) is 56.8 Å². The lowest BCUT2D eigenvalue weighted by atomic mass is 10.1. The van der Waals surface area contributed by atoms with Gasteiger partial charge in [0.25, 0.3) is 0 Å². The van der Waals surface area contributed by atoms with Crippen molar-refractivity contribution in [3.8, 4) is 11.5 Å². The lowest BCUT2D eigenvalue weighted by Crippen LogP contribution is -2.52. The summed E-state index contributed by atoms with van der Waals surface area (Å²) in [7, 11) is 0. The first-order chi connectivity index (χ1) is 12.1. The third kappa shape index (κ3) is 3.44. The lowest BCUT2D eigenvalue weighted by Gasteiger charge is -2.31. The van der Waals surface area contributed by atoms with E-state index in [1.54, 1.807) is 0 Å². The summed E-state index contributed by atoms with van der Waals surface area (Å²) in [5.74, 6) is -0.953. The summed E-state index contributed by atoms with van der Waals surface area (Å²) in [4.78, 5) is 4.22. The van der Waals surface area contributed by atoms with Crippen molar-refractivity contribution in [3.05, 3.63) is 58.7 Å². The van der Waals surface area contributed by atoms with Crippen molar-refractivity contribution in [2.75, 3.05) is 0 Å². The predicted octanol–water partition coefficient (Wildman–Crippen LogP) is 4.17. The van der Waals surface area contributed by atoms with Crippen LogP contribution in [0.3, 0.4) is 0 Å². The van der Waals surface area contributed by atoms with Crippen LogP contribution in [0.5, 0.6) is 11.5 Å². The van der Waals surface area contributed by atoms with Crippen LogP contribution in [-0.4, -0.2) is 18.1 Å². The van der Waals surface area contributed by atoms with E-state index >= 15 is 0 Å². The van der Waals surface area contributed by atoms with E-state index in [1.165, 1.54) is 6.07 Å². The normalized spacial score (nSPS) is 17.8. The molecule has 1 heterocycles. The molecule has 0 saturated heterocycles. The van der Waals surface area contributed by atoms with Gasteiger partial charge in [-0.15, -0.1) is 0 Å². The highest BCUT2D eigenvalue weighted by Crippen LogP contribution is 2.46. The summed E-state index contributed by atoms with van der Waals surface area (Å²) < 4.78 is 61.0. The fourth-order valence-electron chi connectivity index (χ4n) is 2.65. The van der Waals surface area contributed by atoms with E-state index in [1.807, 2.05) is 32.0 Å². The molecule has 0 saturated carbocycles. The highest BCUT2D eigenvalue weighted by molar-refractivity contribution is 5.98. The van der Waals surface area contributed by atoms with Crippen LogP contribution < -0.4 is 15.2 Å². The molecule has 0 atom stereocenters. The summed E-state index contributed by atoms with van der Waals surface area (Å²) in [6.07, 6.45) is -9.52. The lowest BCUT2D eigenvalue weighted by molar-refractivity contribution is -0.391. The average molecular weight is 368 g/mol. The minimum absolute atomic E-state index is 0.0659. The highest BCUT2D eigenvalue weighted by Gasteiger charge is 2.65. The first-order valence-electron chi connectivity index (χ1n) is 7.72. The van der Waals surface area contributed by atoms with Crippen molar-refractivity contribution in [1.29, 1.82) is 0 Å². The van der Waals surface area contributed by atoms with E-state index in [2.05, 4.69) is 14.5 Å². The number of benzene rings is 2. The van der Waals surface area contributed by atoms with Crippen molar-refractivity contribution in [2.45, 2.75) is 32.6 Å². The molecule has 0 bridgehead atoms. The molecule has 0 amide bonds. The molecule has 8 heteroatoms.